The average molecular weight is 505 g/mol. The molecule has 2 amide bonds. The lowest BCUT2D eigenvalue weighted by molar-refractivity contribution is -0.123. The van der Waals surface area contributed by atoms with E-state index in [2.05, 4.69) is 5.32 Å². The second kappa shape index (κ2) is 10.9. The maximum absolute atomic E-state index is 14.2. The zero-order valence-electron chi connectivity index (χ0n) is 20.6. The van der Waals surface area contributed by atoms with Crippen LogP contribution in [0.25, 0.3) is 0 Å². The van der Waals surface area contributed by atoms with Crippen LogP contribution in [0.5, 0.6) is 17.2 Å². The second-order valence-electron chi connectivity index (χ2n) is 9.15. The molecule has 0 radical (unpaired) electrons. The molecular formula is C29H29FN2O5. The molecule has 5 rings (SSSR count). The number of para-hydroxylation sites is 2. The Bertz CT molecular complexity index is 1270. The molecule has 1 saturated carbocycles. The van der Waals surface area contributed by atoms with Crippen LogP contribution < -0.4 is 24.4 Å². The Hall–Kier alpha value is -4.07. The van der Waals surface area contributed by atoms with E-state index in [0.717, 1.165) is 25.7 Å². The van der Waals surface area contributed by atoms with Crippen LogP contribution in [0, 0.1) is 5.82 Å². The minimum Gasteiger partial charge on any atom is -0.495 e. The van der Waals surface area contributed by atoms with Crippen molar-refractivity contribution < 1.29 is 28.2 Å². The molecule has 0 bridgehead atoms. The van der Waals surface area contributed by atoms with Crippen molar-refractivity contribution in [1.29, 1.82) is 0 Å². The topological polar surface area (TPSA) is 77.1 Å². The first-order valence-corrected chi connectivity index (χ1v) is 12.5. The number of hydrogen-bond donors (Lipinski definition) is 1. The number of ether oxygens (including phenoxy) is 3. The van der Waals surface area contributed by atoms with Crippen LogP contribution in [0.4, 0.5) is 10.1 Å². The third kappa shape index (κ3) is 5.23. The summed E-state index contributed by atoms with van der Waals surface area (Å²) in [4.78, 5) is 29.5. The van der Waals surface area contributed by atoms with Gasteiger partial charge in [-0.15, -0.1) is 0 Å². The summed E-state index contributed by atoms with van der Waals surface area (Å²) in [6, 6.07) is 16.6. The van der Waals surface area contributed by atoms with Gasteiger partial charge in [-0.05, 0) is 60.9 Å². The van der Waals surface area contributed by atoms with Gasteiger partial charge in [-0.3, -0.25) is 14.5 Å². The molecule has 8 heteroatoms. The Morgan fingerprint density at radius 2 is 1.68 bits per heavy atom. The van der Waals surface area contributed by atoms with Crippen molar-refractivity contribution >= 4 is 17.5 Å². The van der Waals surface area contributed by atoms with E-state index in [9.17, 15) is 14.0 Å². The zero-order valence-corrected chi connectivity index (χ0v) is 20.6. The fourth-order valence-electron chi connectivity index (χ4n) is 4.92. The molecule has 0 aromatic heterocycles. The predicted molar refractivity (Wildman–Crippen MR) is 137 cm³/mol. The quantitative estimate of drug-likeness (QED) is 0.487. The highest BCUT2D eigenvalue weighted by Crippen LogP contribution is 2.38. The van der Waals surface area contributed by atoms with Crippen LogP contribution in [0.15, 0.2) is 66.7 Å². The summed E-state index contributed by atoms with van der Waals surface area (Å²) < 4.78 is 30.8. The van der Waals surface area contributed by atoms with Gasteiger partial charge in [0.2, 0.25) is 5.91 Å². The molecule has 37 heavy (non-hydrogen) atoms. The van der Waals surface area contributed by atoms with Crippen molar-refractivity contribution in [3.8, 4) is 17.2 Å². The smallest absolute Gasteiger partial charge is 0.259 e. The molecule has 7 nitrogen and oxygen atoms in total. The highest BCUT2D eigenvalue weighted by molar-refractivity contribution is 6.11. The Labute approximate surface area is 215 Å². The number of carbonyl (C=O) groups excluding carboxylic acids is 2. The fourth-order valence-corrected chi connectivity index (χ4v) is 4.92. The molecule has 1 fully saturated rings. The van der Waals surface area contributed by atoms with Gasteiger partial charge in [-0.1, -0.05) is 37.1 Å². The summed E-state index contributed by atoms with van der Waals surface area (Å²) in [5.74, 6) is 0.245. The van der Waals surface area contributed by atoms with Crippen LogP contribution in [0.3, 0.4) is 0 Å². The maximum atomic E-state index is 14.2. The van der Waals surface area contributed by atoms with E-state index in [4.69, 9.17) is 14.2 Å². The first-order valence-electron chi connectivity index (χ1n) is 12.5. The fraction of sp³-hybridized carbons (Fsp3) is 0.310. The van der Waals surface area contributed by atoms with Crippen LogP contribution in [0.2, 0.25) is 0 Å². The van der Waals surface area contributed by atoms with Gasteiger partial charge in [-0.25, -0.2) is 4.39 Å². The molecule has 1 aliphatic carbocycles. The minimum absolute atomic E-state index is 0.0272. The molecule has 1 N–H and O–H groups in total. The Morgan fingerprint density at radius 1 is 0.973 bits per heavy atom. The molecule has 1 aliphatic heterocycles. The number of hydrogen-bond acceptors (Lipinski definition) is 5. The van der Waals surface area contributed by atoms with E-state index < -0.39 is 17.8 Å². The molecular weight excluding hydrogens is 475 g/mol. The lowest BCUT2D eigenvalue weighted by Gasteiger charge is -2.33. The average Bonchev–Trinajstić information content (AvgIpc) is 3.44. The number of anilines is 1. The second-order valence-corrected chi connectivity index (χ2v) is 9.15. The molecule has 192 valence electrons. The molecule has 1 atom stereocenters. The molecule has 0 unspecified atom stereocenters. The Morgan fingerprint density at radius 3 is 2.41 bits per heavy atom. The lowest BCUT2D eigenvalue weighted by Crippen LogP contribution is -2.46. The number of amides is 2. The van der Waals surface area contributed by atoms with E-state index >= 15 is 0 Å². The standard InChI is InChI=1S/C29H29FN2O5/c1-35-24-9-5-4-8-23(24)32(29(34)20-12-15-25-26(18-20)37-17-16-36-25)27(19-10-13-21(30)14-11-19)28(33)31-22-6-2-3-7-22/h4-5,8-15,18,22,27H,2-3,6-7,16-17H2,1H3,(H,31,33)/t27-/m0/s1. The summed E-state index contributed by atoms with van der Waals surface area (Å²) >= 11 is 0. The Kier molecular flexibility index (Phi) is 7.25. The highest BCUT2D eigenvalue weighted by atomic mass is 19.1. The van der Waals surface area contributed by atoms with E-state index in [-0.39, 0.29) is 11.9 Å². The number of benzene rings is 3. The van der Waals surface area contributed by atoms with Crippen molar-refractivity contribution in [2.24, 2.45) is 0 Å². The van der Waals surface area contributed by atoms with Crippen molar-refractivity contribution in [2.75, 3.05) is 25.2 Å². The maximum Gasteiger partial charge on any atom is 0.259 e. The summed E-state index contributed by atoms with van der Waals surface area (Å²) in [5.41, 5.74) is 1.21. The zero-order chi connectivity index (χ0) is 25.8. The van der Waals surface area contributed by atoms with Crippen molar-refractivity contribution in [1.82, 2.24) is 5.32 Å². The van der Waals surface area contributed by atoms with Gasteiger partial charge >= 0.3 is 0 Å². The van der Waals surface area contributed by atoms with Gasteiger partial charge in [0.1, 0.15) is 30.8 Å². The van der Waals surface area contributed by atoms with Crippen molar-refractivity contribution in [3.05, 3.63) is 83.7 Å². The van der Waals surface area contributed by atoms with E-state index in [0.29, 0.717) is 47.3 Å². The SMILES string of the molecule is COc1ccccc1N(C(=O)c1ccc2c(c1)OCCO2)[C@H](C(=O)NC1CCCC1)c1ccc(F)cc1. The molecule has 3 aromatic rings. The third-order valence-corrected chi connectivity index (χ3v) is 6.75. The van der Waals surface area contributed by atoms with E-state index in [1.165, 1.54) is 36.3 Å². The number of nitrogens with one attached hydrogen (secondary N) is 1. The van der Waals surface area contributed by atoms with Crippen LogP contribution in [0.1, 0.15) is 47.6 Å². The van der Waals surface area contributed by atoms with E-state index in [1.54, 1.807) is 42.5 Å². The number of methoxy groups -OCH3 is 1. The summed E-state index contributed by atoms with van der Waals surface area (Å²) in [5, 5.41) is 3.12. The van der Waals surface area contributed by atoms with Crippen molar-refractivity contribution in [2.45, 2.75) is 37.8 Å². The Balaban J connectivity index is 1.63. The van der Waals surface area contributed by atoms with E-state index in [1.807, 2.05) is 0 Å². The summed E-state index contributed by atoms with van der Waals surface area (Å²) in [6.07, 6.45) is 3.84. The molecule has 2 aliphatic rings. The van der Waals surface area contributed by atoms with Gasteiger partial charge in [0.25, 0.3) is 5.91 Å². The first kappa shape index (κ1) is 24.6. The third-order valence-electron chi connectivity index (χ3n) is 6.75. The van der Waals surface area contributed by atoms with Crippen LogP contribution in [-0.2, 0) is 4.79 Å². The van der Waals surface area contributed by atoms with Gasteiger partial charge in [0, 0.05) is 11.6 Å². The number of fused-ring (bicyclic) bond motifs is 1. The van der Waals surface area contributed by atoms with Crippen LogP contribution in [-0.4, -0.2) is 38.2 Å². The molecule has 0 spiro atoms. The lowest BCUT2D eigenvalue weighted by atomic mass is 10.0. The normalized spacial score (nSPS) is 15.6. The van der Waals surface area contributed by atoms with Gasteiger partial charge in [0.05, 0.1) is 12.8 Å². The monoisotopic (exact) mass is 504 g/mol. The number of carbonyl (C=O) groups is 2. The minimum atomic E-state index is -1.07. The number of nitrogens with zero attached hydrogens (tertiary/aromatic N) is 1. The van der Waals surface area contributed by atoms with Crippen molar-refractivity contribution in [3.63, 3.8) is 0 Å². The largest absolute Gasteiger partial charge is 0.495 e. The summed E-state index contributed by atoms with van der Waals surface area (Å²) in [7, 11) is 1.51. The highest BCUT2D eigenvalue weighted by Gasteiger charge is 2.36. The van der Waals surface area contributed by atoms with Gasteiger partial charge in [-0.2, -0.15) is 0 Å². The summed E-state index contributed by atoms with van der Waals surface area (Å²) in [6.45, 7) is 0.810. The van der Waals surface area contributed by atoms with Crippen LogP contribution >= 0.6 is 0 Å². The first-order chi connectivity index (χ1) is 18.0. The van der Waals surface area contributed by atoms with Gasteiger partial charge in [0.15, 0.2) is 11.5 Å². The molecule has 3 aromatic carbocycles. The number of rotatable bonds is 7. The number of halogens is 1. The molecule has 0 saturated heterocycles. The predicted octanol–water partition coefficient (Wildman–Crippen LogP) is 5.05. The van der Waals surface area contributed by atoms with Gasteiger partial charge < -0.3 is 19.5 Å². The molecule has 1 heterocycles.